The molecule has 1 atom stereocenters. The van der Waals surface area contributed by atoms with Crippen molar-refractivity contribution < 1.29 is 4.79 Å². The van der Waals surface area contributed by atoms with Crippen molar-refractivity contribution in [1.29, 1.82) is 0 Å². The minimum absolute atomic E-state index is 0.133. The Kier molecular flexibility index (Phi) is 6.38. The van der Waals surface area contributed by atoms with Crippen molar-refractivity contribution in [2.45, 2.75) is 45.0 Å². The summed E-state index contributed by atoms with van der Waals surface area (Å²) in [6, 6.07) is 19.2. The van der Waals surface area contributed by atoms with E-state index < -0.39 is 5.25 Å². The highest BCUT2D eigenvalue weighted by atomic mass is 32.2. The van der Waals surface area contributed by atoms with Crippen LogP contribution in [0.5, 0.6) is 0 Å². The molecule has 0 saturated heterocycles. The predicted molar refractivity (Wildman–Crippen MR) is 137 cm³/mol. The number of para-hydroxylation sites is 2. The van der Waals surface area contributed by atoms with E-state index in [2.05, 4.69) is 11.4 Å². The molecule has 0 fully saturated rings. The number of fused-ring (bicyclic) bond motifs is 1. The van der Waals surface area contributed by atoms with Crippen LogP contribution in [-0.4, -0.2) is 20.7 Å². The maximum absolute atomic E-state index is 13.5. The van der Waals surface area contributed by atoms with Gasteiger partial charge in [0.2, 0.25) is 5.91 Å². The molecule has 3 aromatic carbocycles. The van der Waals surface area contributed by atoms with Gasteiger partial charge in [-0.25, -0.2) is 4.98 Å². The highest BCUT2D eigenvalue weighted by Gasteiger charge is 2.21. The van der Waals surface area contributed by atoms with E-state index in [1.165, 1.54) is 11.8 Å². The van der Waals surface area contributed by atoms with Gasteiger partial charge in [-0.15, -0.1) is 0 Å². The van der Waals surface area contributed by atoms with Crippen LogP contribution in [0.3, 0.4) is 0 Å². The van der Waals surface area contributed by atoms with Gasteiger partial charge in [0, 0.05) is 5.69 Å². The molecule has 0 radical (unpaired) electrons. The van der Waals surface area contributed by atoms with Gasteiger partial charge in [-0.2, -0.15) is 0 Å². The van der Waals surface area contributed by atoms with Crippen molar-refractivity contribution in [3.8, 4) is 5.69 Å². The van der Waals surface area contributed by atoms with Crippen LogP contribution in [-0.2, 0) is 4.79 Å². The Hall–Kier alpha value is -3.38. The van der Waals surface area contributed by atoms with Crippen molar-refractivity contribution in [1.82, 2.24) is 9.55 Å². The Balaban J connectivity index is 1.76. The highest BCUT2D eigenvalue weighted by molar-refractivity contribution is 8.00. The fraction of sp³-hybridized carbons (Fsp3) is 0.222. The van der Waals surface area contributed by atoms with Gasteiger partial charge in [0.1, 0.15) is 0 Å². The third-order valence-electron chi connectivity index (χ3n) is 5.59. The second kappa shape index (κ2) is 9.24. The monoisotopic (exact) mass is 457 g/mol. The van der Waals surface area contributed by atoms with E-state index in [0.29, 0.717) is 16.1 Å². The quantitative estimate of drug-likeness (QED) is 0.307. The fourth-order valence-corrected chi connectivity index (χ4v) is 4.87. The standard InChI is InChI=1S/C27H27N3O2S/c1-16-13-17(2)15-21(14-16)30-26(32)22-11-6-7-12-23(22)28-27(30)33-20(5)25(31)29-24-18(3)9-8-10-19(24)4/h6-15,20H,1-5H3,(H,29,31). The number of carbonyl (C=O) groups is 1. The Labute approximate surface area is 197 Å². The first-order valence-corrected chi connectivity index (χ1v) is 11.8. The minimum atomic E-state index is -0.464. The van der Waals surface area contributed by atoms with Gasteiger partial charge in [0.15, 0.2) is 5.16 Å². The van der Waals surface area contributed by atoms with Crippen LogP contribution in [0.2, 0.25) is 0 Å². The molecule has 1 aromatic heterocycles. The third kappa shape index (κ3) is 4.71. The number of amides is 1. The lowest BCUT2D eigenvalue weighted by Crippen LogP contribution is -2.26. The van der Waals surface area contributed by atoms with Gasteiger partial charge in [0.05, 0.1) is 21.8 Å². The summed E-state index contributed by atoms with van der Waals surface area (Å²) in [4.78, 5) is 31.4. The summed E-state index contributed by atoms with van der Waals surface area (Å²) in [6.45, 7) is 9.79. The summed E-state index contributed by atoms with van der Waals surface area (Å²) in [5.74, 6) is -0.133. The first-order valence-electron chi connectivity index (χ1n) is 10.9. The molecule has 33 heavy (non-hydrogen) atoms. The van der Waals surface area contributed by atoms with Crippen molar-refractivity contribution in [2.24, 2.45) is 0 Å². The van der Waals surface area contributed by atoms with Crippen molar-refractivity contribution >= 4 is 34.3 Å². The SMILES string of the molecule is Cc1cc(C)cc(-n2c(SC(C)C(=O)Nc3c(C)cccc3C)nc3ccccc3c2=O)c1. The van der Waals surface area contributed by atoms with E-state index in [1.54, 1.807) is 10.6 Å². The predicted octanol–water partition coefficient (Wildman–Crippen LogP) is 5.74. The molecule has 0 bridgehead atoms. The number of aryl methyl sites for hydroxylation is 4. The van der Waals surface area contributed by atoms with Crippen LogP contribution in [0.25, 0.3) is 16.6 Å². The third-order valence-corrected chi connectivity index (χ3v) is 6.64. The lowest BCUT2D eigenvalue weighted by Gasteiger charge is -2.18. The maximum atomic E-state index is 13.5. The van der Waals surface area contributed by atoms with Gasteiger partial charge in [0.25, 0.3) is 5.56 Å². The molecule has 0 aliphatic heterocycles. The van der Waals surface area contributed by atoms with Crippen LogP contribution in [0.15, 0.2) is 70.6 Å². The highest BCUT2D eigenvalue weighted by Crippen LogP contribution is 2.28. The number of hydrogen-bond donors (Lipinski definition) is 1. The molecule has 1 unspecified atom stereocenters. The first kappa shape index (κ1) is 22.8. The second-order valence-corrected chi connectivity index (χ2v) is 9.72. The smallest absolute Gasteiger partial charge is 0.266 e. The van der Waals surface area contributed by atoms with Crippen LogP contribution in [0.1, 0.15) is 29.2 Å². The molecule has 4 aromatic rings. The summed E-state index contributed by atoms with van der Waals surface area (Å²) in [5, 5.41) is 3.63. The zero-order valence-corrected chi connectivity index (χ0v) is 20.3. The summed E-state index contributed by atoms with van der Waals surface area (Å²) < 4.78 is 1.62. The summed E-state index contributed by atoms with van der Waals surface area (Å²) in [6.07, 6.45) is 0. The molecule has 4 rings (SSSR count). The molecule has 6 heteroatoms. The van der Waals surface area contributed by atoms with Crippen molar-refractivity contribution in [3.63, 3.8) is 0 Å². The molecule has 1 amide bonds. The van der Waals surface area contributed by atoms with Crippen LogP contribution in [0, 0.1) is 27.7 Å². The Morgan fingerprint density at radius 3 is 2.24 bits per heavy atom. The van der Waals surface area contributed by atoms with Gasteiger partial charge >= 0.3 is 0 Å². The summed E-state index contributed by atoms with van der Waals surface area (Å²) >= 11 is 1.28. The first-order chi connectivity index (χ1) is 15.7. The Bertz CT molecular complexity index is 1380. The van der Waals surface area contributed by atoms with Gasteiger partial charge in [-0.1, -0.05) is 48.2 Å². The number of benzene rings is 3. The minimum Gasteiger partial charge on any atom is -0.325 e. The van der Waals surface area contributed by atoms with Crippen molar-refractivity contribution in [3.05, 3.63) is 93.3 Å². The zero-order valence-electron chi connectivity index (χ0n) is 19.5. The summed E-state index contributed by atoms with van der Waals surface area (Å²) in [5.41, 5.74) is 6.19. The fourth-order valence-electron chi connectivity index (χ4n) is 3.95. The lowest BCUT2D eigenvalue weighted by atomic mass is 10.1. The average molecular weight is 458 g/mol. The number of thioether (sulfide) groups is 1. The Morgan fingerprint density at radius 2 is 1.58 bits per heavy atom. The molecular weight excluding hydrogens is 430 g/mol. The van der Waals surface area contributed by atoms with Crippen LogP contribution >= 0.6 is 11.8 Å². The normalized spacial score (nSPS) is 12.0. The van der Waals surface area contributed by atoms with E-state index in [-0.39, 0.29) is 11.5 Å². The molecule has 1 N–H and O–H groups in total. The maximum Gasteiger partial charge on any atom is 0.266 e. The van der Waals surface area contributed by atoms with Crippen LogP contribution in [0.4, 0.5) is 5.69 Å². The number of nitrogens with zero attached hydrogens (tertiary/aromatic N) is 2. The molecule has 0 aliphatic rings. The van der Waals surface area contributed by atoms with Gasteiger partial charge in [-0.05, 0) is 81.1 Å². The van der Waals surface area contributed by atoms with E-state index in [0.717, 1.165) is 33.6 Å². The molecular formula is C27H27N3O2S. The van der Waals surface area contributed by atoms with Gasteiger partial charge in [-0.3, -0.25) is 14.2 Å². The molecule has 168 valence electrons. The van der Waals surface area contributed by atoms with Gasteiger partial charge < -0.3 is 5.32 Å². The molecule has 0 spiro atoms. The number of rotatable bonds is 5. The zero-order chi connectivity index (χ0) is 23.7. The number of anilines is 1. The summed E-state index contributed by atoms with van der Waals surface area (Å²) in [7, 11) is 0. The molecule has 5 nitrogen and oxygen atoms in total. The number of carbonyl (C=O) groups excluding carboxylic acids is 1. The molecule has 0 saturated carbocycles. The van der Waals surface area contributed by atoms with E-state index in [1.807, 2.05) is 83.1 Å². The van der Waals surface area contributed by atoms with Crippen LogP contribution < -0.4 is 10.9 Å². The number of hydrogen-bond acceptors (Lipinski definition) is 4. The number of aromatic nitrogens is 2. The molecule has 1 heterocycles. The topological polar surface area (TPSA) is 64.0 Å². The Morgan fingerprint density at radius 1 is 0.939 bits per heavy atom. The lowest BCUT2D eigenvalue weighted by molar-refractivity contribution is -0.115. The number of nitrogens with one attached hydrogen (secondary N) is 1. The van der Waals surface area contributed by atoms with E-state index in [4.69, 9.17) is 4.98 Å². The molecule has 0 aliphatic carbocycles. The largest absolute Gasteiger partial charge is 0.325 e. The van der Waals surface area contributed by atoms with E-state index in [9.17, 15) is 9.59 Å². The second-order valence-electron chi connectivity index (χ2n) is 8.41. The van der Waals surface area contributed by atoms with Crippen molar-refractivity contribution in [2.75, 3.05) is 5.32 Å². The van der Waals surface area contributed by atoms with E-state index >= 15 is 0 Å². The average Bonchev–Trinajstić information content (AvgIpc) is 2.75.